The number of ether oxygens (including phenoxy) is 2. The molecule has 0 bridgehead atoms. The van der Waals surface area contributed by atoms with Gasteiger partial charge in [0.2, 0.25) is 0 Å². The van der Waals surface area contributed by atoms with Crippen molar-refractivity contribution in [2.75, 3.05) is 13.2 Å². The van der Waals surface area contributed by atoms with Crippen molar-refractivity contribution in [3.05, 3.63) is 18.2 Å². The van der Waals surface area contributed by atoms with Crippen molar-refractivity contribution < 1.29 is 14.3 Å². The number of aromatic nitrogens is 2. The lowest BCUT2D eigenvalue weighted by molar-refractivity contribution is 0.0271. The van der Waals surface area contributed by atoms with Crippen LogP contribution in [0.2, 0.25) is 0 Å². The normalized spacial score (nSPS) is 19.5. The first-order chi connectivity index (χ1) is 10.2. The Morgan fingerprint density at radius 3 is 2.68 bits per heavy atom. The second kappa shape index (κ2) is 6.28. The lowest BCUT2D eigenvalue weighted by atomic mass is 9.91. The minimum atomic E-state index is -0.503. The van der Waals surface area contributed by atoms with E-state index in [0.717, 1.165) is 31.7 Å². The summed E-state index contributed by atoms with van der Waals surface area (Å²) in [5, 5.41) is 2.88. The van der Waals surface area contributed by atoms with E-state index in [1.807, 2.05) is 40.2 Å². The highest BCUT2D eigenvalue weighted by Gasteiger charge is 2.32. The number of rotatable bonds is 3. The Labute approximate surface area is 132 Å². The number of alkyl carbamates (subject to hydrolysis) is 1. The van der Waals surface area contributed by atoms with Gasteiger partial charge in [-0.3, -0.25) is 0 Å². The van der Waals surface area contributed by atoms with Crippen LogP contribution in [0.15, 0.2) is 12.5 Å². The first-order valence-corrected chi connectivity index (χ1v) is 7.81. The van der Waals surface area contributed by atoms with Crippen LogP contribution in [0.1, 0.15) is 59.2 Å². The van der Waals surface area contributed by atoms with Crippen molar-refractivity contribution in [2.24, 2.45) is 0 Å². The summed E-state index contributed by atoms with van der Waals surface area (Å²) >= 11 is 0. The topological polar surface area (TPSA) is 65.4 Å². The van der Waals surface area contributed by atoms with Crippen molar-refractivity contribution >= 4 is 6.09 Å². The predicted molar refractivity (Wildman–Crippen MR) is 83.7 cm³/mol. The van der Waals surface area contributed by atoms with Gasteiger partial charge in [-0.15, -0.1) is 0 Å². The van der Waals surface area contributed by atoms with Crippen LogP contribution in [0.25, 0.3) is 0 Å². The molecule has 2 heterocycles. The van der Waals surface area contributed by atoms with Crippen molar-refractivity contribution in [3.63, 3.8) is 0 Å². The molecule has 0 aromatic carbocycles. The lowest BCUT2D eigenvalue weighted by Gasteiger charge is -2.37. The van der Waals surface area contributed by atoms with Crippen LogP contribution in [0.3, 0.4) is 0 Å². The molecule has 22 heavy (non-hydrogen) atoms. The van der Waals surface area contributed by atoms with Crippen LogP contribution in [-0.4, -0.2) is 34.5 Å². The third-order valence-corrected chi connectivity index (χ3v) is 4.00. The first-order valence-electron chi connectivity index (χ1n) is 7.81. The van der Waals surface area contributed by atoms with Crippen LogP contribution < -0.4 is 5.32 Å². The fourth-order valence-corrected chi connectivity index (χ4v) is 2.69. The van der Waals surface area contributed by atoms with Crippen molar-refractivity contribution in [3.8, 4) is 0 Å². The first kappa shape index (κ1) is 16.8. The molecule has 1 aliphatic rings. The summed E-state index contributed by atoms with van der Waals surface area (Å²) in [6.07, 6.45) is 5.12. The zero-order chi connectivity index (χ0) is 16.4. The number of nitrogens with one attached hydrogen (secondary N) is 1. The van der Waals surface area contributed by atoms with E-state index in [-0.39, 0.29) is 11.6 Å². The molecule has 6 nitrogen and oxygen atoms in total. The summed E-state index contributed by atoms with van der Waals surface area (Å²) < 4.78 is 12.9. The van der Waals surface area contributed by atoms with Gasteiger partial charge in [0.1, 0.15) is 5.60 Å². The molecule has 6 heteroatoms. The number of hydrogen-bond donors (Lipinski definition) is 1. The summed E-state index contributed by atoms with van der Waals surface area (Å²) in [5.74, 6) is 0. The summed E-state index contributed by atoms with van der Waals surface area (Å²) in [7, 11) is 0. The van der Waals surface area contributed by atoms with Gasteiger partial charge in [-0.1, -0.05) is 0 Å². The molecule has 0 saturated carbocycles. The van der Waals surface area contributed by atoms with Gasteiger partial charge in [-0.05, 0) is 47.5 Å². The van der Waals surface area contributed by atoms with Crippen molar-refractivity contribution in [1.29, 1.82) is 0 Å². The van der Waals surface area contributed by atoms with Gasteiger partial charge in [0.25, 0.3) is 0 Å². The molecule has 1 saturated heterocycles. The SMILES string of the molecule is C[C@H](NC(=O)OC(C)(C)C)c1cncn1C1(C)CCOCC1. The van der Waals surface area contributed by atoms with Crippen molar-refractivity contribution in [2.45, 2.75) is 64.6 Å². The molecule has 0 aliphatic carbocycles. The molecule has 124 valence electrons. The minimum absolute atomic E-state index is 0.0199. The Balaban J connectivity index is 2.09. The number of imidazole rings is 1. The van der Waals surface area contributed by atoms with Crippen LogP contribution in [-0.2, 0) is 15.0 Å². The van der Waals surface area contributed by atoms with Crippen LogP contribution >= 0.6 is 0 Å². The lowest BCUT2D eigenvalue weighted by Crippen LogP contribution is -2.40. The van der Waals surface area contributed by atoms with Gasteiger partial charge >= 0.3 is 6.09 Å². The molecular weight excluding hydrogens is 282 g/mol. The quantitative estimate of drug-likeness (QED) is 0.932. The molecule has 2 rings (SSSR count). The predicted octanol–water partition coefficient (Wildman–Crippen LogP) is 2.99. The maximum Gasteiger partial charge on any atom is 0.408 e. The highest BCUT2D eigenvalue weighted by molar-refractivity contribution is 5.68. The number of amides is 1. The van der Waals surface area contributed by atoms with Crippen molar-refractivity contribution in [1.82, 2.24) is 14.9 Å². The van der Waals surface area contributed by atoms with E-state index in [2.05, 4.69) is 21.8 Å². The van der Waals surface area contributed by atoms with E-state index in [4.69, 9.17) is 9.47 Å². The van der Waals surface area contributed by atoms with Gasteiger partial charge in [-0.25, -0.2) is 9.78 Å². The van der Waals surface area contributed by atoms with Crippen LogP contribution in [0.4, 0.5) is 4.79 Å². The monoisotopic (exact) mass is 309 g/mol. The Bertz CT molecular complexity index is 513. The molecule has 1 aromatic heterocycles. The number of carbonyl (C=O) groups is 1. The number of carbonyl (C=O) groups excluding carboxylic acids is 1. The van der Waals surface area contributed by atoms with E-state index >= 15 is 0 Å². The van der Waals surface area contributed by atoms with Crippen LogP contribution in [0.5, 0.6) is 0 Å². The second-order valence-corrected chi connectivity index (χ2v) is 7.17. The third kappa shape index (κ3) is 4.00. The van der Waals surface area contributed by atoms with E-state index < -0.39 is 11.7 Å². The molecule has 1 aromatic rings. The van der Waals surface area contributed by atoms with Crippen LogP contribution in [0, 0.1) is 0 Å². The third-order valence-electron chi connectivity index (χ3n) is 4.00. The maximum atomic E-state index is 11.9. The maximum absolute atomic E-state index is 11.9. The minimum Gasteiger partial charge on any atom is -0.444 e. The summed E-state index contributed by atoms with van der Waals surface area (Å²) in [5.41, 5.74) is 0.459. The number of nitrogens with zero attached hydrogens (tertiary/aromatic N) is 2. The molecule has 0 radical (unpaired) electrons. The van der Waals surface area contributed by atoms with Gasteiger partial charge in [0.15, 0.2) is 0 Å². The molecule has 1 atom stereocenters. The molecule has 1 amide bonds. The molecular formula is C16H27N3O3. The standard InChI is InChI=1S/C16H27N3O3/c1-12(18-14(20)22-15(2,3)4)13-10-17-11-19(13)16(5)6-8-21-9-7-16/h10-12H,6-9H2,1-5H3,(H,18,20)/t12-/m0/s1. The van der Waals surface area contributed by atoms with Gasteiger partial charge in [-0.2, -0.15) is 0 Å². The number of hydrogen-bond acceptors (Lipinski definition) is 4. The molecule has 1 aliphatic heterocycles. The Kier molecular flexibility index (Phi) is 4.80. The molecule has 0 unspecified atom stereocenters. The smallest absolute Gasteiger partial charge is 0.408 e. The summed E-state index contributed by atoms with van der Waals surface area (Å²) in [6, 6.07) is -0.169. The second-order valence-electron chi connectivity index (χ2n) is 7.17. The van der Waals surface area contributed by atoms with E-state index in [0.29, 0.717) is 0 Å². The highest BCUT2D eigenvalue weighted by Crippen LogP contribution is 2.31. The summed E-state index contributed by atoms with van der Waals surface area (Å²) in [6.45, 7) is 11.2. The van der Waals surface area contributed by atoms with Gasteiger partial charge in [0.05, 0.1) is 24.3 Å². The fraction of sp³-hybridized carbons (Fsp3) is 0.750. The fourth-order valence-electron chi connectivity index (χ4n) is 2.69. The largest absolute Gasteiger partial charge is 0.444 e. The molecule has 1 fully saturated rings. The zero-order valence-electron chi connectivity index (χ0n) is 14.2. The van der Waals surface area contributed by atoms with E-state index in [1.54, 1.807) is 0 Å². The average Bonchev–Trinajstić information content (AvgIpc) is 2.87. The highest BCUT2D eigenvalue weighted by atomic mass is 16.6. The average molecular weight is 309 g/mol. The molecule has 1 N–H and O–H groups in total. The summed E-state index contributed by atoms with van der Waals surface area (Å²) in [4.78, 5) is 16.2. The Morgan fingerprint density at radius 1 is 1.45 bits per heavy atom. The molecule has 0 spiro atoms. The Morgan fingerprint density at radius 2 is 2.09 bits per heavy atom. The van der Waals surface area contributed by atoms with E-state index in [1.165, 1.54) is 0 Å². The van der Waals surface area contributed by atoms with Gasteiger partial charge < -0.3 is 19.4 Å². The van der Waals surface area contributed by atoms with Gasteiger partial charge in [0, 0.05) is 18.8 Å². The Hall–Kier alpha value is -1.56. The van der Waals surface area contributed by atoms with E-state index in [9.17, 15) is 4.79 Å². The zero-order valence-corrected chi connectivity index (χ0v) is 14.2.